The normalized spacial score (nSPS) is 11.3. The molecule has 0 bridgehead atoms. The number of esters is 1. The molecule has 0 N–H and O–H groups in total. The van der Waals surface area contributed by atoms with Crippen LogP contribution in [-0.2, 0) is 9.53 Å². The molecule has 1 heterocycles. The summed E-state index contributed by atoms with van der Waals surface area (Å²) in [6.07, 6.45) is 3.59. The zero-order chi connectivity index (χ0) is 21.7. The second-order valence-electron chi connectivity index (χ2n) is 6.60. The highest BCUT2D eigenvalue weighted by atomic mass is 32.2. The molecule has 0 spiro atoms. The van der Waals surface area contributed by atoms with E-state index in [0.29, 0.717) is 33.6 Å². The molecule has 0 aliphatic carbocycles. The van der Waals surface area contributed by atoms with Crippen LogP contribution < -0.4 is 4.74 Å². The molecule has 3 aromatic rings. The maximum Gasteiger partial charge on any atom is 0.338 e. The highest BCUT2D eigenvalue weighted by Crippen LogP contribution is 2.36. The smallest absolute Gasteiger partial charge is 0.338 e. The number of carbonyl (C=O) groups excluding carboxylic acids is 1. The van der Waals surface area contributed by atoms with E-state index in [4.69, 9.17) is 9.47 Å². The second kappa shape index (κ2) is 9.59. The molecule has 0 aliphatic rings. The van der Waals surface area contributed by atoms with Crippen molar-refractivity contribution in [3.8, 4) is 22.8 Å². The third-order valence-electron chi connectivity index (χ3n) is 4.62. The molecule has 0 saturated carbocycles. The predicted molar refractivity (Wildman–Crippen MR) is 121 cm³/mol. The van der Waals surface area contributed by atoms with Crippen LogP contribution in [0.25, 0.3) is 16.7 Å². The summed E-state index contributed by atoms with van der Waals surface area (Å²) in [6.45, 7) is 5.65. The van der Waals surface area contributed by atoms with Crippen molar-refractivity contribution in [2.45, 2.75) is 25.8 Å². The van der Waals surface area contributed by atoms with Gasteiger partial charge in [0.25, 0.3) is 0 Å². The van der Waals surface area contributed by atoms with E-state index in [1.165, 1.54) is 24.4 Å². The van der Waals surface area contributed by atoms with Gasteiger partial charge in [-0.2, -0.15) is 4.98 Å². The van der Waals surface area contributed by atoms with Gasteiger partial charge in [-0.1, -0.05) is 42.5 Å². The quantitative estimate of drug-likeness (QED) is 0.216. The average Bonchev–Trinajstić information content (AvgIpc) is 2.75. The summed E-state index contributed by atoms with van der Waals surface area (Å²) in [5, 5.41) is 0.658. The van der Waals surface area contributed by atoms with E-state index >= 15 is 0 Å². The summed E-state index contributed by atoms with van der Waals surface area (Å²) in [4.78, 5) is 21.3. The van der Waals surface area contributed by atoms with Crippen LogP contribution in [0.2, 0.25) is 0 Å². The van der Waals surface area contributed by atoms with Crippen molar-refractivity contribution < 1.29 is 14.3 Å². The summed E-state index contributed by atoms with van der Waals surface area (Å²) in [7, 11) is 1.35. The lowest BCUT2D eigenvalue weighted by molar-refractivity contribution is -0.133. The second-order valence-corrected chi connectivity index (χ2v) is 7.39. The van der Waals surface area contributed by atoms with Gasteiger partial charge >= 0.3 is 5.97 Å². The first-order valence-corrected chi connectivity index (χ1v) is 10.7. The molecule has 0 saturated heterocycles. The number of carbonyl (C=O) groups is 1. The molecule has 2 aromatic carbocycles. The van der Waals surface area contributed by atoms with Gasteiger partial charge in [0, 0.05) is 0 Å². The fourth-order valence-corrected chi connectivity index (χ4v) is 3.81. The Hall–Kier alpha value is -3.12. The van der Waals surface area contributed by atoms with Crippen LogP contribution in [0.3, 0.4) is 0 Å². The van der Waals surface area contributed by atoms with Crippen LogP contribution in [0.1, 0.15) is 23.9 Å². The molecule has 0 unspecified atom stereocenters. The van der Waals surface area contributed by atoms with Crippen molar-refractivity contribution in [3.05, 3.63) is 71.6 Å². The largest absolute Gasteiger partial charge is 0.465 e. The summed E-state index contributed by atoms with van der Waals surface area (Å²) in [5.74, 6) is 1.06. The summed E-state index contributed by atoms with van der Waals surface area (Å²) in [5.41, 5.74) is 4.26. The van der Waals surface area contributed by atoms with Crippen molar-refractivity contribution in [1.29, 1.82) is 0 Å². The van der Waals surface area contributed by atoms with Crippen LogP contribution in [0.15, 0.2) is 59.6 Å². The van der Waals surface area contributed by atoms with Gasteiger partial charge in [0.2, 0.25) is 5.88 Å². The summed E-state index contributed by atoms with van der Waals surface area (Å²) >= 11 is 1.43. The van der Waals surface area contributed by atoms with Gasteiger partial charge in [0.05, 0.1) is 18.2 Å². The van der Waals surface area contributed by atoms with Crippen molar-refractivity contribution in [3.63, 3.8) is 0 Å². The van der Waals surface area contributed by atoms with Gasteiger partial charge in [0.15, 0.2) is 0 Å². The zero-order valence-electron chi connectivity index (χ0n) is 17.7. The third-order valence-corrected chi connectivity index (χ3v) is 5.30. The average molecular weight is 421 g/mol. The molecule has 0 atom stereocenters. The van der Waals surface area contributed by atoms with Gasteiger partial charge in [-0.15, -0.1) is 11.8 Å². The summed E-state index contributed by atoms with van der Waals surface area (Å²) < 4.78 is 11.2. The minimum atomic E-state index is -0.459. The zero-order valence-corrected chi connectivity index (χ0v) is 18.5. The molecule has 0 aliphatic heterocycles. The minimum Gasteiger partial charge on any atom is -0.465 e. The van der Waals surface area contributed by atoms with E-state index in [2.05, 4.69) is 29.0 Å². The lowest BCUT2D eigenvalue weighted by Crippen LogP contribution is -2.09. The SMILES string of the molecule is CC=C(C(=O)OC)c1c(Oc2cccc(-c3ccccc3C)c2)nc(C)nc1SC. The van der Waals surface area contributed by atoms with Crippen LogP contribution in [0.5, 0.6) is 11.6 Å². The van der Waals surface area contributed by atoms with E-state index in [9.17, 15) is 4.79 Å². The fourth-order valence-electron chi connectivity index (χ4n) is 3.18. The predicted octanol–water partition coefficient (Wildman–Crippen LogP) is 5.85. The Bertz CT molecular complexity index is 1110. The Balaban J connectivity index is 2.09. The lowest BCUT2D eigenvalue weighted by atomic mass is 10.0. The number of methoxy groups -OCH3 is 1. The van der Waals surface area contributed by atoms with Gasteiger partial charge in [-0.3, -0.25) is 0 Å². The number of nitrogens with zero attached hydrogens (tertiary/aromatic N) is 2. The van der Waals surface area contributed by atoms with Gasteiger partial charge in [-0.05, 0) is 55.9 Å². The van der Waals surface area contributed by atoms with Gasteiger partial charge < -0.3 is 9.47 Å². The maximum atomic E-state index is 12.4. The molecule has 0 radical (unpaired) electrons. The number of rotatable bonds is 6. The standard InChI is InChI=1S/C24H24N2O3S/c1-6-19(24(27)28-4)21-22(25-16(3)26-23(21)30-5)29-18-12-9-11-17(14-18)20-13-8-7-10-15(20)2/h6-14H,1-5H3. The highest BCUT2D eigenvalue weighted by molar-refractivity contribution is 7.98. The summed E-state index contributed by atoms with van der Waals surface area (Å²) in [6, 6.07) is 16.0. The van der Waals surface area contributed by atoms with Crippen molar-refractivity contribution in [1.82, 2.24) is 9.97 Å². The molecule has 6 heteroatoms. The Kier molecular flexibility index (Phi) is 6.90. The molecule has 30 heavy (non-hydrogen) atoms. The molecule has 0 fully saturated rings. The number of allylic oxidation sites excluding steroid dienone is 1. The maximum absolute atomic E-state index is 12.4. The van der Waals surface area contributed by atoms with Gasteiger partial charge in [-0.25, -0.2) is 9.78 Å². The monoisotopic (exact) mass is 420 g/mol. The van der Waals surface area contributed by atoms with Crippen LogP contribution in [-0.4, -0.2) is 29.3 Å². The number of aromatic nitrogens is 2. The van der Waals surface area contributed by atoms with Gasteiger partial charge in [0.1, 0.15) is 16.6 Å². The highest BCUT2D eigenvalue weighted by Gasteiger charge is 2.24. The number of thioether (sulfide) groups is 1. The number of hydrogen-bond donors (Lipinski definition) is 0. The first-order chi connectivity index (χ1) is 14.5. The van der Waals surface area contributed by atoms with Crippen LogP contribution in [0.4, 0.5) is 0 Å². The van der Waals surface area contributed by atoms with Crippen molar-refractivity contribution in [2.75, 3.05) is 13.4 Å². The van der Waals surface area contributed by atoms with Crippen LogP contribution in [0, 0.1) is 13.8 Å². The van der Waals surface area contributed by atoms with Crippen LogP contribution >= 0.6 is 11.8 Å². The number of hydrogen-bond acceptors (Lipinski definition) is 6. The Labute approximate surface area is 181 Å². The Morgan fingerprint density at radius 2 is 1.83 bits per heavy atom. The Morgan fingerprint density at radius 1 is 1.07 bits per heavy atom. The number of aryl methyl sites for hydroxylation is 2. The molecule has 0 amide bonds. The van der Waals surface area contributed by atoms with Crippen molar-refractivity contribution in [2.24, 2.45) is 0 Å². The van der Waals surface area contributed by atoms with E-state index in [0.717, 1.165) is 11.1 Å². The number of benzene rings is 2. The molecule has 5 nitrogen and oxygen atoms in total. The Morgan fingerprint density at radius 3 is 2.50 bits per heavy atom. The van der Waals surface area contributed by atoms with E-state index in [-0.39, 0.29) is 0 Å². The minimum absolute atomic E-state index is 0.326. The molecule has 1 aromatic heterocycles. The first-order valence-electron chi connectivity index (χ1n) is 9.50. The molecule has 154 valence electrons. The third kappa shape index (κ3) is 4.54. The van der Waals surface area contributed by atoms with E-state index in [1.807, 2.05) is 42.7 Å². The van der Waals surface area contributed by atoms with E-state index < -0.39 is 5.97 Å². The van der Waals surface area contributed by atoms with E-state index in [1.54, 1.807) is 19.9 Å². The molecule has 3 rings (SSSR count). The molecular formula is C24H24N2O3S. The number of ether oxygens (including phenoxy) is 2. The topological polar surface area (TPSA) is 61.3 Å². The lowest BCUT2D eigenvalue weighted by Gasteiger charge is -2.16. The fraction of sp³-hybridized carbons (Fsp3) is 0.208. The first kappa shape index (κ1) is 21.6. The molecular weight excluding hydrogens is 396 g/mol. The van der Waals surface area contributed by atoms with Crippen molar-refractivity contribution >= 4 is 23.3 Å².